The summed E-state index contributed by atoms with van der Waals surface area (Å²) < 4.78 is 25.4. The molecule has 0 aromatic carbocycles. The molecule has 0 spiro atoms. The summed E-state index contributed by atoms with van der Waals surface area (Å²) in [6.45, 7) is 0. The van der Waals surface area contributed by atoms with E-state index in [1.807, 2.05) is 0 Å². The Hall–Kier alpha value is -1.11. The van der Waals surface area contributed by atoms with Crippen molar-refractivity contribution in [1.29, 1.82) is 0 Å². The minimum Gasteiger partial charge on any atom is -0.477 e. The number of carboxylic acids is 1. The molecule has 0 radical (unpaired) electrons. The van der Waals surface area contributed by atoms with Crippen LogP contribution in [0.25, 0.3) is 0 Å². The Morgan fingerprint density at radius 2 is 2.43 bits per heavy atom. The zero-order valence-electron chi connectivity index (χ0n) is 7.28. The van der Waals surface area contributed by atoms with Gasteiger partial charge in [0.15, 0.2) is 0 Å². The van der Waals surface area contributed by atoms with Gasteiger partial charge in [0.1, 0.15) is 11.4 Å². The number of thioether (sulfide) groups is 1. The van der Waals surface area contributed by atoms with Crippen molar-refractivity contribution in [3.63, 3.8) is 0 Å². The fourth-order valence-electron chi connectivity index (χ4n) is 0.936. The first kappa shape index (κ1) is 11.0. The molecule has 7 heteroatoms. The number of hydrogen-bond donors (Lipinski definition) is 1. The topological polar surface area (TPSA) is 55.1 Å². The van der Waals surface area contributed by atoms with Crippen LogP contribution in [0.1, 0.15) is 22.6 Å². The predicted octanol–water partition coefficient (Wildman–Crippen LogP) is 1.84. The molecule has 4 nitrogen and oxygen atoms in total. The van der Waals surface area contributed by atoms with Crippen LogP contribution in [-0.2, 0) is 5.88 Å². The van der Waals surface area contributed by atoms with E-state index < -0.39 is 18.1 Å². The number of carbonyl (C=O) groups is 1. The van der Waals surface area contributed by atoms with Gasteiger partial charge in [0.25, 0.3) is 6.43 Å². The molecule has 0 saturated heterocycles. The van der Waals surface area contributed by atoms with E-state index in [0.29, 0.717) is 0 Å². The van der Waals surface area contributed by atoms with Gasteiger partial charge in [-0.3, -0.25) is 0 Å². The van der Waals surface area contributed by atoms with Gasteiger partial charge < -0.3 is 5.11 Å². The molecule has 0 atom stereocenters. The molecule has 1 N–H and O–H groups in total. The summed E-state index contributed by atoms with van der Waals surface area (Å²) in [5.41, 5.74) is -0.717. The molecule has 0 fully saturated rings. The maximum atomic E-state index is 12.2. The average molecular weight is 222 g/mol. The highest BCUT2D eigenvalue weighted by Crippen LogP contribution is 2.19. The lowest BCUT2D eigenvalue weighted by Crippen LogP contribution is -2.08. The van der Waals surface area contributed by atoms with Crippen molar-refractivity contribution in [3.05, 3.63) is 17.5 Å². The Balaban J connectivity index is 3.05. The van der Waals surface area contributed by atoms with Crippen LogP contribution in [0, 0.1) is 0 Å². The number of halogens is 2. The quantitative estimate of drug-likeness (QED) is 0.844. The highest BCUT2D eigenvalue weighted by atomic mass is 32.2. The van der Waals surface area contributed by atoms with E-state index in [4.69, 9.17) is 5.11 Å². The van der Waals surface area contributed by atoms with Crippen molar-refractivity contribution < 1.29 is 18.7 Å². The van der Waals surface area contributed by atoms with Crippen LogP contribution in [0.4, 0.5) is 8.78 Å². The molecule has 0 saturated carbocycles. The molecule has 0 bridgehead atoms. The van der Waals surface area contributed by atoms with Gasteiger partial charge in [-0.2, -0.15) is 5.10 Å². The van der Waals surface area contributed by atoms with Crippen molar-refractivity contribution in [3.8, 4) is 0 Å². The summed E-state index contributed by atoms with van der Waals surface area (Å²) in [5.74, 6) is -1.01. The minimum absolute atomic E-state index is 0.213. The SMILES string of the molecule is CSCn1nc(C(F)F)cc1C(=O)O. The van der Waals surface area contributed by atoms with E-state index in [2.05, 4.69) is 5.10 Å². The molecule has 1 aromatic rings. The second kappa shape index (κ2) is 4.41. The van der Waals surface area contributed by atoms with Crippen LogP contribution in [0.5, 0.6) is 0 Å². The van der Waals surface area contributed by atoms with E-state index in [-0.39, 0.29) is 11.6 Å². The van der Waals surface area contributed by atoms with Crippen LogP contribution in [-0.4, -0.2) is 27.1 Å². The molecule has 1 heterocycles. The largest absolute Gasteiger partial charge is 0.477 e. The number of carboxylic acid groups (broad SMARTS) is 1. The van der Waals surface area contributed by atoms with E-state index in [1.165, 1.54) is 11.8 Å². The van der Waals surface area contributed by atoms with Gasteiger partial charge in [-0.25, -0.2) is 18.3 Å². The Bertz CT molecular complexity index is 340. The zero-order valence-corrected chi connectivity index (χ0v) is 8.09. The Kier molecular flexibility index (Phi) is 3.45. The summed E-state index contributed by atoms with van der Waals surface area (Å²) >= 11 is 1.30. The van der Waals surface area contributed by atoms with Gasteiger partial charge in [0.2, 0.25) is 0 Å². The van der Waals surface area contributed by atoms with Gasteiger partial charge in [0, 0.05) is 6.07 Å². The number of aromatic carboxylic acids is 1. The van der Waals surface area contributed by atoms with Crippen LogP contribution in [0.3, 0.4) is 0 Å². The molecule has 78 valence electrons. The standard InChI is InChI=1S/C7H8F2N2O2S/c1-14-3-11-5(7(12)13)2-4(10-11)6(8)9/h2,6H,3H2,1H3,(H,12,13). The molecule has 0 aliphatic heterocycles. The Labute approximate surface area is 82.9 Å². The van der Waals surface area contributed by atoms with Crippen molar-refractivity contribution in [2.45, 2.75) is 12.3 Å². The lowest BCUT2D eigenvalue weighted by Gasteiger charge is -1.99. The summed E-state index contributed by atoms with van der Waals surface area (Å²) in [6, 6.07) is 0.892. The average Bonchev–Trinajstić information content (AvgIpc) is 2.49. The van der Waals surface area contributed by atoms with Gasteiger partial charge in [-0.1, -0.05) is 0 Å². The highest BCUT2D eigenvalue weighted by molar-refractivity contribution is 7.97. The molecule has 0 aliphatic carbocycles. The van der Waals surface area contributed by atoms with Gasteiger partial charge in [-0.05, 0) is 6.26 Å². The van der Waals surface area contributed by atoms with Crippen LogP contribution in [0.15, 0.2) is 6.07 Å². The predicted molar refractivity (Wildman–Crippen MR) is 47.7 cm³/mol. The number of rotatable bonds is 4. The molecular weight excluding hydrogens is 214 g/mol. The number of alkyl halides is 2. The van der Waals surface area contributed by atoms with Crippen molar-refractivity contribution in [1.82, 2.24) is 9.78 Å². The molecule has 14 heavy (non-hydrogen) atoms. The lowest BCUT2D eigenvalue weighted by atomic mass is 10.3. The fraction of sp³-hybridized carbons (Fsp3) is 0.429. The lowest BCUT2D eigenvalue weighted by molar-refractivity contribution is 0.0684. The maximum Gasteiger partial charge on any atom is 0.354 e. The van der Waals surface area contributed by atoms with E-state index in [9.17, 15) is 13.6 Å². The summed E-state index contributed by atoms with van der Waals surface area (Å²) in [4.78, 5) is 10.6. The number of hydrogen-bond acceptors (Lipinski definition) is 3. The Morgan fingerprint density at radius 1 is 1.79 bits per heavy atom. The minimum atomic E-state index is -2.74. The van der Waals surface area contributed by atoms with Gasteiger partial charge >= 0.3 is 5.97 Å². The normalized spacial score (nSPS) is 10.9. The molecule has 1 rings (SSSR count). The second-order valence-electron chi connectivity index (χ2n) is 2.48. The fourth-order valence-corrected chi connectivity index (χ4v) is 1.38. The third-order valence-corrected chi connectivity index (χ3v) is 2.00. The third-order valence-electron chi connectivity index (χ3n) is 1.49. The Morgan fingerprint density at radius 3 is 2.86 bits per heavy atom. The second-order valence-corrected chi connectivity index (χ2v) is 3.31. The summed E-state index contributed by atoms with van der Waals surface area (Å²) in [5, 5.41) is 12.2. The van der Waals surface area contributed by atoms with E-state index in [0.717, 1.165) is 10.7 Å². The zero-order chi connectivity index (χ0) is 10.7. The first-order valence-electron chi connectivity index (χ1n) is 3.64. The smallest absolute Gasteiger partial charge is 0.354 e. The number of nitrogens with zero attached hydrogens (tertiary/aromatic N) is 2. The first-order chi connectivity index (χ1) is 6.56. The van der Waals surface area contributed by atoms with Crippen LogP contribution >= 0.6 is 11.8 Å². The maximum absolute atomic E-state index is 12.2. The number of aromatic nitrogens is 2. The van der Waals surface area contributed by atoms with Gasteiger partial charge in [0.05, 0.1) is 5.88 Å². The van der Waals surface area contributed by atoms with E-state index >= 15 is 0 Å². The van der Waals surface area contributed by atoms with E-state index in [1.54, 1.807) is 6.26 Å². The summed E-state index contributed by atoms with van der Waals surface area (Å²) in [7, 11) is 0. The molecule has 0 unspecified atom stereocenters. The van der Waals surface area contributed by atoms with Gasteiger partial charge in [-0.15, -0.1) is 11.8 Å². The van der Waals surface area contributed by atoms with Crippen molar-refractivity contribution >= 4 is 17.7 Å². The third kappa shape index (κ3) is 2.22. The highest BCUT2D eigenvalue weighted by Gasteiger charge is 2.18. The molecular formula is C7H8F2N2O2S. The van der Waals surface area contributed by atoms with Crippen LogP contribution < -0.4 is 0 Å². The summed E-state index contributed by atoms with van der Waals surface area (Å²) in [6.07, 6.45) is -1.01. The van der Waals surface area contributed by atoms with Crippen LogP contribution in [0.2, 0.25) is 0 Å². The van der Waals surface area contributed by atoms with Crippen molar-refractivity contribution in [2.75, 3.05) is 6.26 Å². The monoisotopic (exact) mass is 222 g/mol. The van der Waals surface area contributed by atoms with Crippen molar-refractivity contribution in [2.24, 2.45) is 0 Å². The molecule has 0 aliphatic rings. The molecule has 1 aromatic heterocycles. The first-order valence-corrected chi connectivity index (χ1v) is 5.03. The molecule has 0 amide bonds.